The molecule has 0 aliphatic heterocycles. The Bertz CT molecular complexity index is 810. The fourth-order valence-electron chi connectivity index (χ4n) is 2.31. The fraction of sp³-hybridized carbons (Fsp3) is 0.167. The molecule has 128 valence electrons. The first-order valence-electron chi connectivity index (χ1n) is 7.77. The molecule has 25 heavy (non-hydrogen) atoms. The Labute approximate surface area is 150 Å². The Morgan fingerprint density at radius 1 is 1.16 bits per heavy atom. The number of aryl methyl sites for hydroxylation is 1. The molecule has 2 aromatic carbocycles. The number of hydrogen-bond acceptors (Lipinski definition) is 4. The van der Waals surface area contributed by atoms with Crippen LogP contribution in [0.3, 0.4) is 0 Å². The van der Waals surface area contributed by atoms with E-state index in [1.165, 1.54) is 0 Å². The number of nitrogens with one attached hydrogen (secondary N) is 1. The molecule has 0 unspecified atom stereocenters. The van der Waals surface area contributed by atoms with Gasteiger partial charge in [-0.15, -0.1) is 5.10 Å². The van der Waals surface area contributed by atoms with Crippen molar-refractivity contribution in [3.05, 3.63) is 64.9 Å². The topological polar surface area (TPSA) is 80.0 Å². The number of halogens is 1. The summed E-state index contributed by atoms with van der Waals surface area (Å²) >= 11 is 5.96. The number of aliphatic hydroxyl groups is 1. The predicted molar refractivity (Wildman–Crippen MR) is 96.0 cm³/mol. The normalized spacial score (nSPS) is 10.7. The maximum absolute atomic E-state index is 12.2. The lowest BCUT2D eigenvalue weighted by atomic mass is 10.2. The van der Waals surface area contributed by atoms with E-state index in [2.05, 4.69) is 15.4 Å². The minimum atomic E-state index is -0.435. The van der Waals surface area contributed by atoms with E-state index in [1.54, 1.807) is 16.8 Å². The van der Waals surface area contributed by atoms with Crippen molar-refractivity contribution in [3.8, 4) is 17.1 Å². The monoisotopic (exact) mass is 356 g/mol. The number of benzene rings is 2. The number of aromatic nitrogens is 3. The number of rotatable bonds is 5. The van der Waals surface area contributed by atoms with Gasteiger partial charge in [-0.25, -0.2) is 9.67 Å². The lowest BCUT2D eigenvalue weighted by Crippen LogP contribution is -2.27. The maximum Gasteiger partial charge on any atom is 0.291 e. The Hall–Kier alpha value is -2.70. The summed E-state index contributed by atoms with van der Waals surface area (Å²) in [6.07, 6.45) is 0. The molecule has 7 heteroatoms. The van der Waals surface area contributed by atoms with Gasteiger partial charge in [-0.1, -0.05) is 29.3 Å². The number of carbonyl (C=O) groups excluding carboxylic acids is 1. The number of hydrogen-bond donors (Lipinski definition) is 2. The first-order valence-corrected chi connectivity index (χ1v) is 8.15. The molecule has 0 radical (unpaired) electrons. The average Bonchev–Trinajstić information content (AvgIpc) is 3.06. The van der Waals surface area contributed by atoms with Crippen LogP contribution in [-0.2, 0) is 0 Å². The minimum absolute atomic E-state index is 0.0407. The molecule has 0 atom stereocenters. The summed E-state index contributed by atoms with van der Waals surface area (Å²) in [7, 11) is 0. The quantitative estimate of drug-likeness (QED) is 0.736. The van der Waals surface area contributed by atoms with Crippen LogP contribution in [0.15, 0.2) is 48.5 Å². The summed E-state index contributed by atoms with van der Waals surface area (Å²) in [6.45, 7) is 2.00. The second-order valence-electron chi connectivity index (χ2n) is 5.49. The second-order valence-corrected chi connectivity index (χ2v) is 5.93. The Kier molecular flexibility index (Phi) is 5.11. The van der Waals surface area contributed by atoms with Crippen LogP contribution < -0.4 is 5.32 Å². The van der Waals surface area contributed by atoms with Crippen LogP contribution in [0.5, 0.6) is 0 Å². The fourth-order valence-corrected chi connectivity index (χ4v) is 2.43. The third-order valence-electron chi connectivity index (χ3n) is 3.59. The third-order valence-corrected chi connectivity index (χ3v) is 3.84. The van der Waals surface area contributed by atoms with Gasteiger partial charge in [-0.3, -0.25) is 4.79 Å². The summed E-state index contributed by atoms with van der Waals surface area (Å²) in [5, 5.41) is 16.4. The van der Waals surface area contributed by atoms with E-state index in [-0.39, 0.29) is 19.0 Å². The van der Waals surface area contributed by atoms with Crippen molar-refractivity contribution in [1.29, 1.82) is 0 Å². The van der Waals surface area contributed by atoms with Gasteiger partial charge >= 0.3 is 0 Å². The van der Waals surface area contributed by atoms with Gasteiger partial charge in [-0.2, -0.15) is 0 Å². The van der Waals surface area contributed by atoms with E-state index in [4.69, 9.17) is 16.7 Å². The molecule has 0 aliphatic carbocycles. The van der Waals surface area contributed by atoms with E-state index >= 15 is 0 Å². The highest BCUT2D eigenvalue weighted by atomic mass is 35.5. The number of carbonyl (C=O) groups is 1. The lowest BCUT2D eigenvalue weighted by molar-refractivity contribution is 0.0934. The number of nitrogens with zero attached hydrogens (tertiary/aromatic N) is 3. The van der Waals surface area contributed by atoms with Crippen LogP contribution in [0.4, 0.5) is 0 Å². The van der Waals surface area contributed by atoms with E-state index in [0.29, 0.717) is 10.8 Å². The van der Waals surface area contributed by atoms with Gasteiger partial charge in [-0.05, 0) is 43.3 Å². The van der Waals surface area contributed by atoms with Gasteiger partial charge in [0.05, 0.1) is 12.3 Å². The van der Waals surface area contributed by atoms with E-state index in [9.17, 15) is 4.79 Å². The molecule has 0 saturated carbocycles. The first-order chi connectivity index (χ1) is 12.1. The Morgan fingerprint density at radius 2 is 1.84 bits per heavy atom. The number of amides is 1. The molecule has 0 saturated heterocycles. The van der Waals surface area contributed by atoms with Crippen molar-refractivity contribution < 1.29 is 9.90 Å². The summed E-state index contributed by atoms with van der Waals surface area (Å²) in [5.41, 5.74) is 2.71. The van der Waals surface area contributed by atoms with Crippen molar-refractivity contribution in [2.75, 3.05) is 13.2 Å². The predicted octanol–water partition coefficient (Wildman–Crippen LogP) is 2.62. The standard InChI is InChI=1S/C18H17ClN4O2/c1-12-2-8-15(9-3-12)23-17(13-4-6-14(19)7-5-13)21-16(22-23)18(25)20-10-11-24/h2-9,24H,10-11H2,1H3,(H,20,25). The van der Waals surface area contributed by atoms with E-state index in [0.717, 1.165) is 16.8 Å². The van der Waals surface area contributed by atoms with E-state index in [1.807, 2.05) is 43.3 Å². The molecule has 0 spiro atoms. The zero-order valence-electron chi connectivity index (χ0n) is 13.6. The summed E-state index contributed by atoms with van der Waals surface area (Å²) in [6, 6.07) is 14.9. The zero-order chi connectivity index (χ0) is 17.8. The van der Waals surface area contributed by atoms with Gasteiger partial charge in [0.2, 0.25) is 5.82 Å². The molecular formula is C18H17ClN4O2. The SMILES string of the molecule is Cc1ccc(-n2nc(C(=O)NCCO)nc2-c2ccc(Cl)cc2)cc1. The Balaban J connectivity index is 2.07. The van der Waals surface area contributed by atoms with Gasteiger partial charge in [0.15, 0.2) is 5.82 Å². The molecular weight excluding hydrogens is 340 g/mol. The summed E-state index contributed by atoms with van der Waals surface area (Å²) in [5.74, 6) is 0.142. The van der Waals surface area contributed by atoms with Gasteiger partial charge < -0.3 is 10.4 Å². The Morgan fingerprint density at radius 3 is 2.48 bits per heavy atom. The first kappa shape index (κ1) is 17.1. The molecule has 3 rings (SSSR count). The highest BCUT2D eigenvalue weighted by molar-refractivity contribution is 6.30. The third kappa shape index (κ3) is 3.87. The second kappa shape index (κ2) is 7.46. The van der Waals surface area contributed by atoms with Crippen molar-refractivity contribution >= 4 is 17.5 Å². The average molecular weight is 357 g/mol. The molecule has 1 heterocycles. The largest absolute Gasteiger partial charge is 0.395 e. The summed E-state index contributed by atoms with van der Waals surface area (Å²) in [4.78, 5) is 16.5. The molecule has 1 amide bonds. The molecule has 0 fully saturated rings. The van der Waals surface area contributed by atoms with Crippen LogP contribution in [-0.4, -0.2) is 38.9 Å². The smallest absolute Gasteiger partial charge is 0.291 e. The highest BCUT2D eigenvalue weighted by Gasteiger charge is 2.18. The highest BCUT2D eigenvalue weighted by Crippen LogP contribution is 2.23. The molecule has 0 bridgehead atoms. The van der Waals surface area contributed by atoms with Crippen LogP contribution in [0.25, 0.3) is 17.1 Å². The van der Waals surface area contributed by atoms with Crippen LogP contribution in [0, 0.1) is 6.92 Å². The molecule has 2 N–H and O–H groups in total. The maximum atomic E-state index is 12.2. The van der Waals surface area contributed by atoms with Crippen molar-refractivity contribution in [2.45, 2.75) is 6.92 Å². The minimum Gasteiger partial charge on any atom is -0.395 e. The zero-order valence-corrected chi connectivity index (χ0v) is 14.4. The summed E-state index contributed by atoms with van der Waals surface area (Å²) < 4.78 is 1.62. The molecule has 0 aliphatic rings. The van der Waals surface area contributed by atoms with Crippen LogP contribution >= 0.6 is 11.6 Å². The molecule has 1 aromatic heterocycles. The van der Waals surface area contributed by atoms with E-state index < -0.39 is 5.91 Å². The van der Waals surface area contributed by atoms with Gasteiger partial charge in [0.1, 0.15) is 0 Å². The van der Waals surface area contributed by atoms with Crippen molar-refractivity contribution in [1.82, 2.24) is 20.1 Å². The van der Waals surface area contributed by atoms with Crippen LogP contribution in [0.1, 0.15) is 16.2 Å². The molecule has 3 aromatic rings. The molecule has 6 nitrogen and oxygen atoms in total. The van der Waals surface area contributed by atoms with Gasteiger partial charge in [0.25, 0.3) is 5.91 Å². The van der Waals surface area contributed by atoms with Gasteiger partial charge in [0, 0.05) is 17.1 Å². The lowest BCUT2D eigenvalue weighted by Gasteiger charge is -2.06. The van der Waals surface area contributed by atoms with Crippen LogP contribution in [0.2, 0.25) is 5.02 Å². The van der Waals surface area contributed by atoms with Crippen molar-refractivity contribution in [3.63, 3.8) is 0 Å². The van der Waals surface area contributed by atoms with Crippen molar-refractivity contribution in [2.24, 2.45) is 0 Å². The number of aliphatic hydroxyl groups excluding tert-OH is 1.